The Hall–Kier alpha value is -2.58. The summed E-state index contributed by atoms with van der Waals surface area (Å²) in [4.78, 5) is 10.5. The molecule has 2 aromatic carbocycles. The molecule has 100 valence electrons. The fraction of sp³-hybridized carbons (Fsp3) is 0.0714. The third kappa shape index (κ3) is 3.25. The lowest BCUT2D eigenvalue weighted by Gasteiger charge is -2.07. The third-order valence-corrected chi connectivity index (χ3v) is 2.93. The Morgan fingerprint density at radius 1 is 1.30 bits per heavy atom. The van der Waals surface area contributed by atoms with Gasteiger partial charge in [0.1, 0.15) is 5.69 Å². The van der Waals surface area contributed by atoms with Crippen LogP contribution in [0.1, 0.15) is 11.1 Å². The Morgan fingerprint density at radius 2 is 2.10 bits per heavy atom. The van der Waals surface area contributed by atoms with Crippen molar-refractivity contribution in [3.63, 3.8) is 0 Å². The molecule has 0 heterocycles. The Bertz CT molecular complexity index is 695. The largest absolute Gasteiger partial charge is 0.375 e. The highest BCUT2D eigenvalue weighted by atomic mass is 35.5. The topological polar surface area (TPSA) is 79.0 Å². The molecule has 2 aromatic rings. The van der Waals surface area contributed by atoms with Crippen LogP contribution in [0, 0.1) is 21.4 Å². The molecular formula is C14H10ClN3O2. The number of nitro groups is 1. The second kappa shape index (κ2) is 6.04. The van der Waals surface area contributed by atoms with Crippen molar-refractivity contribution in [2.45, 2.75) is 6.54 Å². The van der Waals surface area contributed by atoms with Gasteiger partial charge in [0, 0.05) is 17.6 Å². The maximum Gasteiger partial charge on any atom is 0.293 e. The lowest BCUT2D eigenvalue weighted by Crippen LogP contribution is -2.02. The Labute approximate surface area is 120 Å². The summed E-state index contributed by atoms with van der Waals surface area (Å²) in [6.45, 7) is 0.387. The highest BCUT2D eigenvalue weighted by Crippen LogP contribution is 2.28. The molecule has 0 saturated carbocycles. The smallest absolute Gasteiger partial charge is 0.293 e. The first-order valence-corrected chi connectivity index (χ1v) is 6.15. The zero-order valence-electron chi connectivity index (χ0n) is 10.3. The number of nitro benzene ring substituents is 1. The molecule has 20 heavy (non-hydrogen) atoms. The summed E-state index contributed by atoms with van der Waals surface area (Å²) in [5.74, 6) is 0. The van der Waals surface area contributed by atoms with Gasteiger partial charge >= 0.3 is 0 Å². The van der Waals surface area contributed by atoms with Crippen LogP contribution in [-0.2, 0) is 6.54 Å². The van der Waals surface area contributed by atoms with Gasteiger partial charge in [-0.1, -0.05) is 23.7 Å². The summed E-state index contributed by atoms with van der Waals surface area (Å²) in [6.07, 6.45) is 0. The van der Waals surface area contributed by atoms with Crippen LogP contribution in [0.4, 0.5) is 11.4 Å². The minimum Gasteiger partial charge on any atom is -0.375 e. The van der Waals surface area contributed by atoms with E-state index in [1.54, 1.807) is 30.3 Å². The first-order chi connectivity index (χ1) is 9.60. The van der Waals surface area contributed by atoms with Crippen LogP contribution in [0.5, 0.6) is 0 Å². The summed E-state index contributed by atoms with van der Waals surface area (Å²) in [7, 11) is 0. The predicted molar refractivity (Wildman–Crippen MR) is 76.6 cm³/mol. The average Bonchev–Trinajstić information content (AvgIpc) is 2.46. The van der Waals surface area contributed by atoms with Crippen LogP contribution in [0.25, 0.3) is 0 Å². The number of nitriles is 1. The highest BCUT2D eigenvalue weighted by Gasteiger charge is 2.13. The van der Waals surface area contributed by atoms with E-state index >= 15 is 0 Å². The number of nitrogens with zero attached hydrogens (tertiary/aromatic N) is 2. The lowest BCUT2D eigenvalue weighted by atomic mass is 10.1. The van der Waals surface area contributed by atoms with Gasteiger partial charge in [-0.3, -0.25) is 10.1 Å². The fourth-order valence-electron chi connectivity index (χ4n) is 1.75. The van der Waals surface area contributed by atoms with E-state index in [2.05, 4.69) is 5.32 Å². The summed E-state index contributed by atoms with van der Waals surface area (Å²) in [5, 5.41) is 23.1. The first-order valence-electron chi connectivity index (χ1n) is 5.77. The van der Waals surface area contributed by atoms with Gasteiger partial charge in [0.05, 0.1) is 16.6 Å². The number of hydrogen-bond acceptors (Lipinski definition) is 4. The van der Waals surface area contributed by atoms with E-state index in [1.165, 1.54) is 6.07 Å². The van der Waals surface area contributed by atoms with Gasteiger partial charge in [0.25, 0.3) is 5.69 Å². The number of nitrogens with one attached hydrogen (secondary N) is 1. The molecule has 0 aliphatic heterocycles. The zero-order valence-corrected chi connectivity index (χ0v) is 11.1. The van der Waals surface area contributed by atoms with Gasteiger partial charge in [-0.2, -0.15) is 5.26 Å². The van der Waals surface area contributed by atoms with Gasteiger partial charge in [-0.15, -0.1) is 0 Å². The van der Waals surface area contributed by atoms with Gasteiger partial charge in [-0.05, 0) is 29.8 Å². The minimum absolute atomic E-state index is 0.0751. The van der Waals surface area contributed by atoms with Gasteiger partial charge in [-0.25, -0.2) is 0 Å². The number of rotatable bonds is 4. The van der Waals surface area contributed by atoms with E-state index in [-0.39, 0.29) is 5.69 Å². The molecule has 5 nitrogen and oxygen atoms in total. The predicted octanol–water partition coefficient (Wildman–Crippen LogP) is 3.73. The molecule has 0 aliphatic carbocycles. The molecule has 0 fully saturated rings. The maximum atomic E-state index is 10.9. The van der Waals surface area contributed by atoms with Crippen LogP contribution >= 0.6 is 11.6 Å². The molecule has 0 aliphatic rings. The lowest BCUT2D eigenvalue weighted by molar-refractivity contribution is -0.383. The van der Waals surface area contributed by atoms with Crippen molar-refractivity contribution in [3.8, 4) is 6.07 Å². The minimum atomic E-state index is -0.486. The third-order valence-electron chi connectivity index (χ3n) is 2.70. The van der Waals surface area contributed by atoms with Crippen molar-refractivity contribution in [2.24, 2.45) is 0 Å². The standard InChI is InChI=1S/C14H10ClN3O2/c15-12-4-5-13(14(7-12)18(19)20)17-9-11-3-1-2-10(6-11)8-16/h1-7,17H,9H2. The molecule has 0 amide bonds. The van der Waals surface area contributed by atoms with Crippen molar-refractivity contribution in [1.29, 1.82) is 5.26 Å². The van der Waals surface area contributed by atoms with Gasteiger partial charge in [0.2, 0.25) is 0 Å². The van der Waals surface area contributed by atoms with Crippen molar-refractivity contribution in [1.82, 2.24) is 0 Å². The Kier molecular flexibility index (Phi) is 4.18. The SMILES string of the molecule is N#Cc1cccc(CNc2ccc(Cl)cc2[N+](=O)[O-])c1. The van der Waals surface area contributed by atoms with Crippen molar-refractivity contribution in [2.75, 3.05) is 5.32 Å². The van der Waals surface area contributed by atoms with E-state index in [1.807, 2.05) is 12.1 Å². The molecule has 1 N–H and O–H groups in total. The molecule has 0 bridgehead atoms. The fourth-order valence-corrected chi connectivity index (χ4v) is 1.92. The van der Waals surface area contributed by atoms with Crippen molar-refractivity contribution in [3.05, 3.63) is 68.7 Å². The molecule has 0 aromatic heterocycles. The Morgan fingerprint density at radius 3 is 2.80 bits per heavy atom. The summed E-state index contributed by atoms with van der Waals surface area (Å²) in [5.41, 5.74) is 1.74. The molecule has 0 radical (unpaired) electrons. The number of halogens is 1. The van der Waals surface area contributed by atoms with E-state index in [9.17, 15) is 10.1 Å². The van der Waals surface area contributed by atoms with Gasteiger partial charge < -0.3 is 5.32 Å². The van der Waals surface area contributed by atoms with Crippen LogP contribution in [-0.4, -0.2) is 4.92 Å². The summed E-state index contributed by atoms with van der Waals surface area (Å²) in [6, 6.07) is 13.5. The zero-order chi connectivity index (χ0) is 14.5. The molecule has 0 atom stereocenters. The summed E-state index contributed by atoms with van der Waals surface area (Å²) >= 11 is 5.75. The number of anilines is 1. The van der Waals surface area contributed by atoms with Crippen molar-refractivity contribution < 1.29 is 4.92 Å². The van der Waals surface area contributed by atoms with Crippen LogP contribution in [0.3, 0.4) is 0 Å². The number of benzene rings is 2. The van der Waals surface area contributed by atoms with Crippen LogP contribution in [0.15, 0.2) is 42.5 Å². The molecular weight excluding hydrogens is 278 g/mol. The van der Waals surface area contributed by atoms with Crippen LogP contribution in [0.2, 0.25) is 5.02 Å². The van der Waals surface area contributed by atoms with E-state index in [0.717, 1.165) is 5.56 Å². The normalized spacial score (nSPS) is 9.80. The van der Waals surface area contributed by atoms with E-state index < -0.39 is 4.92 Å². The monoisotopic (exact) mass is 287 g/mol. The van der Waals surface area contributed by atoms with E-state index in [0.29, 0.717) is 22.8 Å². The molecule has 0 saturated heterocycles. The molecule has 0 unspecified atom stereocenters. The van der Waals surface area contributed by atoms with Crippen LogP contribution < -0.4 is 5.32 Å². The maximum absolute atomic E-state index is 10.9. The Balaban J connectivity index is 2.19. The quantitative estimate of drug-likeness (QED) is 0.686. The number of hydrogen-bond donors (Lipinski definition) is 1. The first kappa shape index (κ1) is 13.8. The van der Waals surface area contributed by atoms with Gasteiger partial charge in [0.15, 0.2) is 0 Å². The second-order valence-electron chi connectivity index (χ2n) is 4.08. The average molecular weight is 288 g/mol. The van der Waals surface area contributed by atoms with E-state index in [4.69, 9.17) is 16.9 Å². The molecule has 6 heteroatoms. The van der Waals surface area contributed by atoms with Crippen molar-refractivity contribution >= 4 is 23.0 Å². The summed E-state index contributed by atoms with van der Waals surface area (Å²) < 4.78 is 0. The molecule has 0 spiro atoms. The molecule has 2 rings (SSSR count). The highest BCUT2D eigenvalue weighted by molar-refractivity contribution is 6.30. The second-order valence-corrected chi connectivity index (χ2v) is 4.52.